The second-order valence-corrected chi connectivity index (χ2v) is 9.13. The maximum absolute atomic E-state index is 12.4. The van der Waals surface area contributed by atoms with Gasteiger partial charge in [0.25, 0.3) is 0 Å². The first-order valence-electron chi connectivity index (χ1n) is 6.96. The molecule has 0 aromatic heterocycles. The predicted octanol–water partition coefficient (Wildman–Crippen LogP) is 3.19. The van der Waals surface area contributed by atoms with Crippen molar-refractivity contribution in [1.29, 1.82) is 0 Å². The van der Waals surface area contributed by atoms with Crippen molar-refractivity contribution in [1.82, 2.24) is 4.72 Å². The molecule has 1 saturated carbocycles. The van der Waals surface area contributed by atoms with Gasteiger partial charge in [-0.1, -0.05) is 39.3 Å². The molecule has 0 saturated heterocycles. The second kappa shape index (κ2) is 4.86. The van der Waals surface area contributed by atoms with Crippen molar-refractivity contribution in [3.8, 4) is 0 Å². The largest absolute Gasteiger partial charge is 0.398 e. The lowest BCUT2D eigenvalue weighted by Gasteiger charge is -2.11. The predicted molar refractivity (Wildman–Crippen MR) is 86.8 cm³/mol. The van der Waals surface area contributed by atoms with Gasteiger partial charge in [0, 0.05) is 12.2 Å². The minimum atomic E-state index is -3.65. The number of aryl methyl sites for hydroxylation is 1. The van der Waals surface area contributed by atoms with Crippen LogP contribution in [0.15, 0.2) is 17.0 Å². The summed E-state index contributed by atoms with van der Waals surface area (Å²) in [6, 6.07) is 3.00. The molecule has 3 N–H and O–H groups in total. The van der Waals surface area contributed by atoms with Crippen LogP contribution < -0.4 is 10.5 Å². The third kappa shape index (κ3) is 2.67. The molecule has 0 atom stereocenters. The summed E-state index contributed by atoms with van der Waals surface area (Å²) in [7, 11) is -3.65. The number of halogens is 1. The van der Waals surface area contributed by atoms with Crippen LogP contribution in [0.5, 0.6) is 0 Å². The van der Waals surface area contributed by atoms with E-state index in [1.165, 1.54) is 6.07 Å². The molecule has 1 aromatic rings. The fourth-order valence-electron chi connectivity index (χ4n) is 2.99. The van der Waals surface area contributed by atoms with Crippen LogP contribution in [0.3, 0.4) is 0 Å². The molecule has 1 aliphatic rings. The summed E-state index contributed by atoms with van der Waals surface area (Å²) in [4.78, 5) is 0.0449. The molecule has 0 spiro atoms. The van der Waals surface area contributed by atoms with Gasteiger partial charge in [-0.2, -0.15) is 0 Å². The van der Waals surface area contributed by atoms with Crippen LogP contribution in [-0.2, 0) is 10.0 Å². The van der Waals surface area contributed by atoms with Crippen LogP contribution in [-0.4, -0.2) is 15.0 Å². The third-order valence-corrected chi connectivity index (χ3v) is 7.30. The fourth-order valence-corrected chi connectivity index (χ4v) is 4.65. The van der Waals surface area contributed by atoms with E-state index in [0.29, 0.717) is 18.2 Å². The lowest BCUT2D eigenvalue weighted by atomic mass is 10.0. The number of hydrogen-bond acceptors (Lipinski definition) is 3. The summed E-state index contributed by atoms with van der Waals surface area (Å²) < 4.78 is 27.5. The Bertz CT molecular complexity index is 667. The molecular weight excluding hydrogens is 308 g/mol. The van der Waals surface area contributed by atoms with E-state index in [1.54, 1.807) is 13.0 Å². The Kier molecular flexibility index (Phi) is 3.84. The number of nitrogens with two attached hydrogens (primary N) is 1. The lowest BCUT2D eigenvalue weighted by molar-refractivity contribution is 0.457. The van der Waals surface area contributed by atoms with E-state index in [1.807, 2.05) is 0 Å². The lowest BCUT2D eigenvalue weighted by Crippen LogP contribution is -2.27. The van der Waals surface area contributed by atoms with Gasteiger partial charge in [-0.15, -0.1) is 0 Å². The summed E-state index contributed by atoms with van der Waals surface area (Å²) in [6.07, 6.45) is 0. The molecular formula is C15H23ClN2O2S. The standard InChI is InChI=1S/C15H23ClN2O2S/c1-9-6-10(16)12(7-11(9)17)21(19,20)18-8-13-14(2,3)15(13,4)5/h6-7,13,18H,8,17H2,1-5H3. The van der Waals surface area contributed by atoms with Crippen LogP contribution in [0.4, 0.5) is 5.69 Å². The quantitative estimate of drug-likeness (QED) is 0.833. The number of rotatable bonds is 4. The van der Waals surface area contributed by atoms with E-state index in [-0.39, 0.29) is 20.7 Å². The van der Waals surface area contributed by atoms with Gasteiger partial charge in [-0.25, -0.2) is 13.1 Å². The van der Waals surface area contributed by atoms with E-state index in [0.717, 1.165) is 5.56 Å². The molecule has 2 rings (SSSR count). The van der Waals surface area contributed by atoms with E-state index in [9.17, 15) is 8.42 Å². The highest BCUT2D eigenvalue weighted by atomic mass is 35.5. The molecule has 0 amide bonds. The highest BCUT2D eigenvalue weighted by Gasteiger charge is 2.64. The normalized spacial score (nSPS) is 20.5. The zero-order chi connectivity index (χ0) is 16.2. The number of nitrogens with one attached hydrogen (secondary N) is 1. The Balaban J connectivity index is 2.19. The number of hydrogen-bond donors (Lipinski definition) is 2. The van der Waals surface area contributed by atoms with Crippen molar-refractivity contribution < 1.29 is 8.42 Å². The van der Waals surface area contributed by atoms with Gasteiger partial charge >= 0.3 is 0 Å². The molecule has 118 valence electrons. The molecule has 1 aliphatic carbocycles. The first-order chi connectivity index (χ1) is 9.41. The van der Waals surface area contributed by atoms with Crippen LogP contribution >= 0.6 is 11.6 Å². The first-order valence-corrected chi connectivity index (χ1v) is 8.82. The third-order valence-electron chi connectivity index (χ3n) is 5.41. The van der Waals surface area contributed by atoms with Crippen molar-refractivity contribution in [2.45, 2.75) is 39.5 Å². The van der Waals surface area contributed by atoms with E-state index in [4.69, 9.17) is 17.3 Å². The topological polar surface area (TPSA) is 72.2 Å². The summed E-state index contributed by atoms with van der Waals surface area (Å²) >= 11 is 6.05. The minimum Gasteiger partial charge on any atom is -0.398 e. The van der Waals surface area contributed by atoms with Crippen molar-refractivity contribution in [3.05, 3.63) is 22.7 Å². The Morgan fingerprint density at radius 3 is 2.24 bits per heavy atom. The Hall–Kier alpha value is -0.780. The molecule has 0 aliphatic heterocycles. The van der Waals surface area contributed by atoms with Crippen molar-refractivity contribution in [2.24, 2.45) is 16.7 Å². The molecule has 0 unspecified atom stereocenters. The average molecular weight is 331 g/mol. The van der Waals surface area contributed by atoms with Gasteiger partial charge in [0.2, 0.25) is 10.0 Å². The number of nitrogen functional groups attached to an aromatic ring is 1. The average Bonchev–Trinajstić information content (AvgIpc) is 2.71. The molecule has 0 bridgehead atoms. The van der Waals surface area contributed by atoms with Crippen LogP contribution in [0, 0.1) is 23.7 Å². The van der Waals surface area contributed by atoms with Gasteiger partial charge in [0.1, 0.15) is 4.90 Å². The zero-order valence-electron chi connectivity index (χ0n) is 13.1. The second-order valence-electron chi connectivity index (χ2n) is 6.99. The van der Waals surface area contributed by atoms with Crippen molar-refractivity contribution in [3.63, 3.8) is 0 Å². The van der Waals surface area contributed by atoms with Gasteiger partial charge < -0.3 is 5.73 Å². The molecule has 4 nitrogen and oxygen atoms in total. The van der Waals surface area contributed by atoms with Gasteiger partial charge in [-0.05, 0) is 41.4 Å². The summed E-state index contributed by atoms with van der Waals surface area (Å²) in [5.74, 6) is 0.307. The Morgan fingerprint density at radius 1 is 1.24 bits per heavy atom. The minimum absolute atomic E-state index is 0.0449. The molecule has 1 aromatic carbocycles. The number of anilines is 1. The van der Waals surface area contributed by atoms with Crippen molar-refractivity contribution >= 4 is 27.3 Å². The van der Waals surface area contributed by atoms with E-state index < -0.39 is 10.0 Å². The van der Waals surface area contributed by atoms with E-state index in [2.05, 4.69) is 32.4 Å². The van der Waals surface area contributed by atoms with Gasteiger partial charge in [-0.3, -0.25) is 0 Å². The van der Waals surface area contributed by atoms with Crippen LogP contribution in [0.1, 0.15) is 33.3 Å². The molecule has 1 fully saturated rings. The fraction of sp³-hybridized carbons (Fsp3) is 0.600. The van der Waals surface area contributed by atoms with Gasteiger partial charge in [0.15, 0.2) is 0 Å². The van der Waals surface area contributed by atoms with E-state index >= 15 is 0 Å². The summed E-state index contributed by atoms with van der Waals surface area (Å²) in [6.45, 7) is 10.8. The summed E-state index contributed by atoms with van der Waals surface area (Å²) in [5, 5.41) is 0.198. The molecule has 21 heavy (non-hydrogen) atoms. The number of sulfonamides is 1. The maximum Gasteiger partial charge on any atom is 0.242 e. The maximum atomic E-state index is 12.4. The van der Waals surface area contributed by atoms with Crippen LogP contribution in [0.2, 0.25) is 5.02 Å². The van der Waals surface area contributed by atoms with Crippen molar-refractivity contribution in [2.75, 3.05) is 12.3 Å². The highest BCUT2D eigenvalue weighted by Crippen LogP contribution is 2.68. The zero-order valence-corrected chi connectivity index (χ0v) is 14.7. The SMILES string of the molecule is Cc1cc(Cl)c(S(=O)(=O)NCC2C(C)(C)C2(C)C)cc1N. The molecule has 0 heterocycles. The first kappa shape index (κ1) is 16.6. The smallest absolute Gasteiger partial charge is 0.242 e. The monoisotopic (exact) mass is 330 g/mol. The van der Waals surface area contributed by atoms with Crippen LogP contribution in [0.25, 0.3) is 0 Å². The number of benzene rings is 1. The summed E-state index contributed by atoms with van der Waals surface area (Å²) in [5.41, 5.74) is 7.24. The molecule has 6 heteroatoms. The highest BCUT2D eigenvalue weighted by molar-refractivity contribution is 7.89. The Labute approximate surface area is 132 Å². The molecule has 0 radical (unpaired) electrons. The Morgan fingerprint density at radius 2 is 1.76 bits per heavy atom. The van der Waals surface area contributed by atoms with Gasteiger partial charge in [0.05, 0.1) is 5.02 Å².